The Morgan fingerprint density at radius 3 is 2.52 bits per heavy atom. The largest absolute Gasteiger partial charge is 0.455 e. The second-order valence-corrected chi connectivity index (χ2v) is 8.47. The van der Waals surface area contributed by atoms with Crippen molar-refractivity contribution in [1.82, 2.24) is 40.3 Å². The molecule has 17 heteroatoms. The van der Waals surface area contributed by atoms with E-state index in [2.05, 4.69) is 36.1 Å². The van der Waals surface area contributed by atoms with Gasteiger partial charge in [-0.1, -0.05) is 11.6 Å². The van der Waals surface area contributed by atoms with E-state index in [0.717, 1.165) is 10.7 Å². The van der Waals surface area contributed by atoms with Crippen LogP contribution in [-0.2, 0) is 12.7 Å². The molecule has 0 radical (unpaired) electrons. The Labute approximate surface area is 227 Å². The Balaban J connectivity index is 1.74. The number of rotatable bonds is 7. The first-order valence-corrected chi connectivity index (χ1v) is 11.5. The zero-order chi connectivity index (χ0) is 29.2. The van der Waals surface area contributed by atoms with Crippen LogP contribution in [0.2, 0.25) is 5.02 Å². The molecule has 0 aliphatic heterocycles. The molecule has 0 spiro atoms. The number of Topliss-reactive ketones (excluding diaryl/α,β-unsaturated/α-hetero) is 1. The molecule has 4 aromatic rings. The number of tetrazole rings is 1. The summed E-state index contributed by atoms with van der Waals surface area (Å²) < 4.78 is 39.4. The third-order valence-corrected chi connectivity index (χ3v) is 5.63. The summed E-state index contributed by atoms with van der Waals surface area (Å²) in [4.78, 5) is 43.4. The van der Waals surface area contributed by atoms with E-state index >= 15 is 0 Å². The van der Waals surface area contributed by atoms with E-state index in [1.54, 1.807) is 6.92 Å². The van der Waals surface area contributed by atoms with Gasteiger partial charge in [-0.15, -0.1) is 10.2 Å². The number of carbonyl (C=O) groups excluding carboxylic acids is 3. The van der Waals surface area contributed by atoms with Crippen LogP contribution in [0.3, 0.4) is 0 Å². The number of carbonyl (C=O) groups is 3. The molecule has 2 N–H and O–H groups in total. The van der Waals surface area contributed by atoms with Crippen LogP contribution in [0.4, 0.5) is 18.9 Å². The summed E-state index contributed by atoms with van der Waals surface area (Å²) in [6, 6.07) is 8.74. The Bertz CT molecular complexity index is 1690. The second kappa shape index (κ2) is 10.9. The lowest BCUT2D eigenvalue weighted by Gasteiger charge is -2.14. The predicted octanol–water partition coefficient (Wildman–Crippen LogP) is 2.60. The van der Waals surface area contributed by atoms with Gasteiger partial charge in [0.25, 0.3) is 17.6 Å². The molecule has 40 heavy (non-hydrogen) atoms. The van der Waals surface area contributed by atoms with Crippen molar-refractivity contribution in [2.45, 2.75) is 19.6 Å². The summed E-state index contributed by atoms with van der Waals surface area (Å²) in [5.74, 6) is -3.84. The van der Waals surface area contributed by atoms with Gasteiger partial charge in [-0.3, -0.25) is 14.4 Å². The fourth-order valence-corrected chi connectivity index (χ4v) is 3.72. The molecule has 0 saturated heterocycles. The van der Waals surface area contributed by atoms with Crippen molar-refractivity contribution in [3.05, 3.63) is 75.5 Å². The van der Waals surface area contributed by atoms with Gasteiger partial charge in [0, 0.05) is 19.3 Å². The van der Waals surface area contributed by atoms with E-state index in [9.17, 15) is 32.8 Å². The van der Waals surface area contributed by atoms with Gasteiger partial charge in [-0.25, -0.2) is 9.67 Å². The summed E-state index contributed by atoms with van der Waals surface area (Å²) >= 11 is 6.24. The monoisotopic (exact) mass is 572 g/mol. The summed E-state index contributed by atoms with van der Waals surface area (Å²) in [6.45, 7) is 0.803. The number of ketones is 1. The van der Waals surface area contributed by atoms with Crippen LogP contribution in [0.1, 0.15) is 48.3 Å². The third-order valence-electron chi connectivity index (χ3n) is 5.33. The van der Waals surface area contributed by atoms with Crippen molar-refractivity contribution in [2.75, 3.05) is 12.4 Å². The number of aromatic nitrogens is 7. The number of nitriles is 1. The Hall–Kier alpha value is -5.17. The normalized spacial score (nSPS) is 11.1. The number of nitrogens with one attached hydrogen (secondary N) is 2. The number of aryl methyl sites for hydroxylation is 1. The van der Waals surface area contributed by atoms with Gasteiger partial charge in [0.05, 0.1) is 27.9 Å². The van der Waals surface area contributed by atoms with Crippen LogP contribution in [0.5, 0.6) is 0 Å². The van der Waals surface area contributed by atoms with Crippen LogP contribution in [0.25, 0.3) is 5.82 Å². The number of pyridine rings is 1. The van der Waals surface area contributed by atoms with Crippen LogP contribution in [0, 0.1) is 18.3 Å². The van der Waals surface area contributed by atoms with Crippen molar-refractivity contribution in [3.63, 3.8) is 0 Å². The minimum atomic E-state index is -4.86. The Morgan fingerprint density at radius 1 is 1.15 bits per heavy atom. The molecular weight excluding hydrogens is 557 g/mol. The smallest absolute Gasteiger partial charge is 0.355 e. The van der Waals surface area contributed by atoms with Gasteiger partial charge in [0.15, 0.2) is 5.82 Å². The predicted molar refractivity (Wildman–Crippen MR) is 131 cm³/mol. The summed E-state index contributed by atoms with van der Waals surface area (Å²) in [5, 5.41) is 27.7. The van der Waals surface area contributed by atoms with Crippen LogP contribution >= 0.6 is 11.6 Å². The highest BCUT2D eigenvalue weighted by Crippen LogP contribution is 2.26. The molecule has 0 aliphatic rings. The molecule has 3 aromatic heterocycles. The highest BCUT2D eigenvalue weighted by atomic mass is 35.5. The van der Waals surface area contributed by atoms with Crippen molar-refractivity contribution in [3.8, 4) is 11.9 Å². The molecule has 0 bridgehead atoms. The first-order chi connectivity index (χ1) is 18.9. The number of benzene rings is 1. The lowest BCUT2D eigenvalue weighted by Crippen LogP contribution is -2.24. The summed E-state index contributed by atoms with van der Waals surface area (Å²) in [7, 11) is 1.37. The van der Waals surface area contributed by atoms with E-state index in [0.29, 0.717) is 10.4 Å². The number of alkyl halides is 3. The van der Waals surface area contributed by atoms with Crippen molar-refractivity contribution < 1.29 is 27.6 Å². The molecule has 13 nitrogen and oxygen atoms in total. The van der Waals surface area contributed by atoms with Gasteiger partial charge < -0.3 is 10.6 Å². The fraction of sp³-hybridized carbons (Fsp3) is 0.174. The third kappa shape index (κ3) is 5.63. The Morgan fingerprint density at radius 2 is 1.90 bits per heavy atom. The van der Waals surface area contributed by atoms with E-state index in [-0.39, 0.29) is 39.0 Å². The maximum absolute atomic E-state index is 13.5. The lowest BCUT2D eigenvalue weighted by molar-refractivity contribution is -0.145. The van der Waals surface area contributed by atoms with Crippen LogP contribution < -0.4 is 10.6 Å². The molecule has 0 aliphatic carbocycles. The number of halogens is 4. The molecule has 0 atom stereocenters. The average molecular weight is 573 g/mol. The van der Waals surface area contributed by atoms with Gasteiger partial charge in [0.1, 0.15) is 17.9 Å². The molecule has 0 unspecified atom stereocenters. The lowest BCUT2D eigenvalue weighted by atomic mass is 10.0. The highest BCUT2D eigenvalue weighted by molar-refractivity contribution is 6.32. The maximum atomic E-state index is 13.5. The number of hydrogen-bond donors (Lipinski definition) is 2. The quantitative estimate of drug-likeness (QED) is 0.315. The minimum absolute atomic E-state index is 0.00311. The average Bonchev–Trinajstić information content (AvgIpc) is 3.57. The fourth-order valence-electron chi connectivity index (χ4n) is 3.52. The van der Waals surface area contributed by atoms with Gasteiger partial charge in [-0.2, -0.15) is 28.3 Å². The maximum Gasteiger partial charge on any atom is 0.455 e. The highest BCUT2D eigenvalue weighted by Gasteiger charge is 2.37. The van der Waals surface area contributed by atoms with Crippen molar-refractivity contribution >= 4 is 34.9 Å². The van der Waals surface area contributed by atoms with Crippen molar-refractivity contribution in [2.24, 2.45) is 0 Å². The molecule has 3 heterocycles. The molecule has 0 fully saturated rings. The summed E-state index contributed by atoms with van der Waals surface area (Å²) in [5.41, 5.74) is 0.0644. The SMILES string of the molecule is CNC(=O)c1cc(C#N)cc(C)c1NC(=O)c1cc(C(=O)Cn2nnc(C(F)(F)F)n2)nn1-c1ncccc1Cl. The van der Waals surface area contributed by atoms with Crippen molar-refractivity contribution in [1.29, 1.82) is 5.26 Å². The standard InChI is InChI=1S/C23H16ClF3N10O3/c1-11-6-12(9-28)7-13(20(39)29-2)18(11)31-21(40)16-8-15(33-37(16)19-14(24)4-3-5-30-19)17(38)10-36-34-22(32-35-36)23(25,26)27/h3-8H,10H2,1-2H3,(H,29,39)(H,31,40). The van der Waals surface area contributed by atoms with Crippen LogP contribution in [0.15, 0.2) is 36.5 Å². The topological polar surface area (TPSA) is 173 Å². The molecule has 1 aromatic carbocycles. The zero-order valence-corrected chi connectivity index (χ0v) is 21.2. The summed E-state index contributed by atoms with van der Waals surface area (Å²) in [6.07, 6.45) is -3.50. The van der Waals surface area contributed by atoms with Gasteiger partial charge in [0.2, 0.25) is 5.78 Å². The first kappa shape index (κ1) is 27.9. The number of hydrogen-bond acceptors (Lipinski definition) is 9. The van der Waals surface area contributed by atoms with E-state index < -0.39 is 36.1 Å². The number of anilines is 1. The molecule has 4 rings (SSSR count). The second-order valence-electron chi connectivity index (χ2n) is 8.06. The Kier molecular flexibility index (Phi) is 7.59. The number of amides is 2. The number of nitrogens with zero attached hydrogens (tertiary/aromatic N) is 8. The first-order valence-electron chi connectivity index (χ1n) is 11.1. The van der Waals surface area contributed by atoms with Crippen LogP contribution in [-0.4, -0.2) is 59.6 Å². The minimum Gasteiger partial charge on any atom is -0.355 e. The molecule has 204 valence electrons. The van der Waals surface area contributed by atoms with E-state index in [4.69, 9.17) is 11.6 Å². The molecule has 0 saturated carbocycles. The molecular formula is C23H16ClF3N10O3. The van der Waals surface area contributed by atoms with Gasteiger partial charge in [-0.05, 0) is 42.0 Å². The zero-order valence-electron chi connectivity index (χ0n) is 20.5. The van der Waals surface area contributed by atoms with Gasteiger partial charge >= 0.3 is 6.18 Å². The van der Waals surface area contributed by atoms with E-state index in [1.165, 1.54) is 37.5 Å². The molecule has 2 amide bonds. The van der Waals surface area contributed by atoms with E-state index in [1.807, 2.05) is 6.07 Å².